The molecule has 0 saturated heterocycles. The molecule has 1 unspecified atom stereocenters. The van der Waals surface area contributed by atoms with E-state index in [4.69, 9.17) is 0 Å². The maximum atomic E-state index is 13.8. The summed E-state index contributed by atoms with van der Waals surface area (Å²) in [6.45, 7) is 0.581. The number of carbonyl (C=O) groups is 1. The van der Waals surface area contributed by atoms with Crippen LogP contribution in [0.4, 0.5) is 8.78 Å². The largest absolute Gasteiger partial charge is 0.480 e. The number of carboxylic acids is 1. The predicted molar refractivity (Wildman–Crippen MR) is 75.1 cm³/mol. The molecule has 2 aromatic rings. The minimum Gasteiger partial charge on any atom is -0.480 e. The Hall–Kier alpha value is -2.34. The van der Waals surface area contributed by atoms with Gasteiger partial charge in [0.1, 0.15) is 17.7 Å². The van der Waals surface area contributed by atoms with Crippen molar-refractivity contribution >= 4 is 5.97 Å². The first-order valence-corrected chi connectivity index (χ1v) is 6.90. The van der Waals surface area contributed by atoms with E-state index in [1.165, 1.54) is 12.3 Å². The minimum atomic E-state index is -1.01. The van der Waals surface area contributed by atoms with Gasteiger partial charge in [0.15, 0.2) is 0 Å². The van der Waals surface area contributed by atoms with Crippen LogP contribution in [0, 0.1) is 11.6 Å². The normalized spacial score (nSPS) is 16.1. The highest BCUT2D eigenvalue weighted by Gasteiger charge is 2.31. The number of aromatic nitrogens is 1. The number of halogens is 2. The minimum absolute atomic E-state index is 0.190. The first kappa shape index (κ1) is 14.6. The summed E-state index contributed by atoms with van der Waals surface area (Å²) in [5, 5.41) is 9.52. The molecule has 3 rings (SSSR count). The number of pyridine rings is 1. The SMILES string of the molecule is O=C(O)C(c1cccnc1)N1CCc2c(F)cc(F)cc2C1. The van der Waals surface area contributed by atoms with Gasteiger partial charge in [-0.2, -0.15) is 0 Å². The zero-order chi connectivity index (χ0) is 15.7. The maximum Gasteiger partial charge on any atom is 0.325 e. The molecule has 0 fully saturated rings. The summed E-state index contributed by atoms with van der Waals surface area (Å²) in [6, 6.07) is 4.61. The van der Waals surface area contributed by atoms with Gasteiger partial charge in [0.05, 0.1) is 0 Å². The highest BCUT2D eigenvalue weighted by Crippen LogP contribution is 2.29. The van der Waals surface area contributed by atoms with Gasteiger partial charge in [0.25, 0.3) is 0 Å². The van der Waals surface area contributed by atoms with Crippen LogP contribution in [0.25, 0.3) is 0 Å². The quantitative estimate of drug-likeness (QED) is 0.947. The van der Waals surface area contributed by atoms with Crippen LogP contribution in [0.3, 0.4) is 0 Å². The summed E-state index contributed by atoms with van der Waals surface area (Å²) in [6.07, 6.45) is 3.42. The maximum absolute atomic E-state index is 13.8. The molecule has 1 aliphatic rings. The third kappa shape index (κ3) is 2.69. The molecule has 0 saturated carbocycles. The molecule has 114 valence electrons. The van der Waals surface area contributed by atoms with Crippen LogP contribution in [-0.4, -0.2) is 27.5 Å². The lowest BCUT2D eigenvalue weighted by Crippen LogP contribution is -2.38. The molecule has 1 aliphatic heterocycles. The van der Waals surface area contributed by atoms with Crippen LogP contribution in [0.2, 0.25) is 0 Å². The highest BCUT2D eigenvalue weighted by atomic mass is 19.1. The molecular formula is C16H14F2N2O2. The van der Waals surface area contributed by atoms with Gasteiger partial charge in [-0.25, -0.2) is 8.78 Å². The van der Waals surface area contributed by atoms with Crippen molar-refractivity contribution in [3.63, 3.8) is 0 Å². The number of rotatable bonds is 3. The highest BCUT2D eigenvalue weighted by molar-refractivity contribution is 5.75. The Balaban J connectivity index is 1.94. The summed E-state index contributed by atoms with van der Waals surface area (Å²) in [5.41, 5.74) is 1.52. The van der Waals surface area contributed by atoms with Crippen molar-refractivity contribution in [2.24, 2.45) is 0 Å². The van der Waals surface area contributed by atoms with Gasteiger partial charge >= 0.3 is 5.97 Å². The van der Waals surface area contributed by atoms with E-state index in [9.17, 15) is 18.7 Å². The molecule has 0 aliphatic carbocycles. The summed E-state index contributed by atoms with van der Waals surface area (Å²) in [4.78, 5) is 17.3. The van der Waals surface area contributed by atoms with Crippen LogP contribution in [0.1, 0.15) is 22.7 Å². The second kappa shape index (κ2) is 5.81. The number of nitrogens with zero attached hydrogens (tertiary/aromatic N) is 2. The molecule has 22 heavy (non-hydrogen) atoms. The molecule has 0 spiro atoms. The molecule has 0 radical (unpaired) electrons. The van der Waals surface area contributed by atoms with Crippen LogP contribution in [0.15, 0.2) is 36.7 Å². The molecule has 4 nitrogen and oxygen atoms in total. The third-order valence-electron chi connectivity index (χ3n) is 3.87. The van der Waals surface area contributed by atoms with Gasteiger partial charge < -0.3 is 5.11 Å². The lowest BCUT2D eigenvalue weighted by atomic mass is 9.96. The fourth-order valence-electron chi connectivity index (χ4n) is 2.90. The standard InChI is InChI=1S/C16H14F2N2O2/c17-12-6-11-9-20(5-3-13(11)14(18)7-12)15(16(21)22)10-2-1-4-19-8-10/h1-2,4,6-8,15H,3,5,9H2,(H,21,22). The van der Waals surface area contributed by atoms with E-state index >= 15 is 0 Å². The zero-order valence-electron chi connectivity index (χ0n) is 11.7. The van der Waals surface area contributed by atoms with Crippen molar-refractivity contribution in [2.45, 2.75) is 19.0 Å². The van der Waals surface area contributed by atoms with E-state index in [0.717, 1.165) is 6.07 Å². The fourth-order valence-corrected chi connectivity index (χ4v) is 2.90. The van der Waals surface area contributed by atoms with Crippen LogP contribution in [-0.2, 0) is 17.8 Å². The number of fused-ring (bicyclic) bond motifs is 1. The Bertz CT molecular complexity index is 707. The molecule has 6 heteroatoms. The molecule has 1 atom stereocenters. The van der Waals surface area contributed by atoms with Crippen molar-refractivity contribution in [1.29, 1.82) is 0 Å². The van der Waals surface area contributed by atoms with E-state index < -0.39 is 23.6 Å². The Morgan fingerprint density at radius 2 is 2.18 bits per heavy atom. The number of hydrogen-bond donors (Lipinski definition) is 1. The van der Waals surface area contributed by atoms with Gasteiger partial charge in [-0.05, 0) is 35.2 Å². The Labute approximate surface area is 126 Å². The number of benzene rings is 1. The second-order valence-electron chi connectivity index (χ2n) is 5.27. The van der Waals surface area contributed by atoms with Crippen molar-refractivity contribution in [2.75, 3.05) is 6.54 Å². The van der Waals surface area contributed by atoms with Crippen molar-refractivity contribution in [1.82, 2.24) is 9.88 Å². The first-order chi connectivity index (χ1) is 10.6. The average molecular weight is 304 g/mol. The van der Waals surface area contributed by atoms with E-state index in [0.29, 0.717) is 29.7 Å². The van der Waals surface area contributed by atoms with Crippen molar-refractivity contribution in [3.8, 4) is 0 Å². The molecule has 1 N–H and O–H groups in total. The van der Waals surface area contributed by atoms with Gasteiger partial charge in [-0.15, -0.1) is 0 Å². The first-order valence-electron chi connectivity index (χ1n) is 6.90. The van der Waals surface area contributed by atoms with Gasteiger partial charge in [-0.3, -0.25) is 14.7 Å². The van der Waals surface area contributed by atoms with Crippen molar-refractivity contribution in [3.05, 3.63) is 65.0 Å². The summed E-state index contributed by atoms with van der Waals surface area (Å²) in [7, 11) is 0. The summed E-state index contributed by atoms with van der Waals surface area (Å²) >= 11 is 0. The van der Waals surface area contributed by atoms with Gasteiger partial charge in [-0.1, -0.05) is 6.07 Å². The van der Waals surface area contributed by atoms with Gasteiger partial charge in [0.2, 0.25) is 0 Å². The predicted octanol–water partition coefficient (Wildman–Crippen LogP) is 2.54. The smallest absolute Gasteiger partial charge is 0.325 e. The van der Waals surface area contributed by atoms with E-state index in [-0.39, 0.29) is 6.54 Å². The summed E-state index contributed by atoms with van der Waals surface area (Å²) < 4.78 is 27.1. The second-order valence-corrected chi connectivity index (χ2v) is 5.27. The monoisotopic (exact) mass is 304 g/mol. The topological polar surface area (TPSA) is 53.4 Å². The van der Waals surface area contributed by atoms with E-state index in [2.05, 4.69) is 4.98 Å². The molecule has 0 bridgehead atoms. The molecule has 0 amide bonds. The number of carboxylic acid groups (broad SMARTS) is 1. The molecule has 1 aromatic heterocycles. The third-order valence-corrected chi connectivity index (χ3v) is 3.87. The van der Waals surface area contributed by atoms with Crippen LogP contribution >= 0.6 is 0 Å². The molecule has 2 heterocycles. The van der Waals surface area contributed by atoms with Crippen LogP contribution in [0.5, 0.6) is 0 Å². The van der Waals surface area contributed by atoms with Crippen LogP contribution < -0.4 is 0 Å². The Morgan fingerprint density at radius 3 is 2.86 bits per heavy atom. The number of aliphatic carboxylic acids is 1. The number of hydrogen-bond acceptors (Lipinski definition) is 3. The summed E-state index contributed by atoms with van der Waals surface area (Å²) in [5.74, 6) is -2.22. The Morgan fingerprint density at radius 1 is 1.36 bits per heavy atom. The zero-order valence-corrected chi connectivity index (χ0v) is 11.7. The molecular weight excluding hydrogens is 290 g/mol. The van der Waals surface area contributed by atoms with E-state index in [1.54, 1.807) is 23.2 Å². The lowest BCUT2D eigenvalue weighted by Gasteiger charge is -2.33. The Kier molecular flexibility index (Phi) is 3.85. The van der Waals surface area contributed by atoms with Gasteiger partial charge in [0, 0.05) is 31.5 Å². The fraction of sp³-hybridized carbons (Fsp3) is 0.250. The lowest BCUT2D eigenvalue weighted by molar-refractivity contribution is -0.144. The van der Waals surface area contributed by atoms with Crippen molar-refractivity contribution < 1.29 is 18.7 Å². The van der Waals surface area contributed by atoms with E-state index in [1.807, 2.05) is 0 Å². The average Bonchev–Trinajstić information content (AvgIpc) is 2.47. The molecule has 1 aromatic carbocycles.